The quantitative estimate of drug-likeness (QED) is 0.776. The van der Waals surface area contributed by atoms with E-state index in [0.29, 0.717) is 51.8 Å². The Morgan fingerprint density at radius 1 is 1.22 bits per heavy atom. The maximum atomic E-state index is 12.1. The van der Waals surface area contributed by atoms with Gasteiger partial charge in [-0.2, -0.15) is 12.7 Å². The molecule has 1 aliphatic rings. The lowest BCUT2D eigenvalue weighted by Gasteiger charge is -2.26. The average Bonchev–Trinajstić information content (AvgIpc) is 2.55. The molecule has 7 heteroatoms. The fourth-order valence-electron chi connectivity index (χ4n) is 2.22. The molecule has 1 heterocycles. The first-order valence-electron chi connectivity index (χ1n) is 8.01. The van der Waals surface area contributed by atoms with Crippen LogP contribution in [0.25, 0.3) is 0 Å². The Kier molecular flexibility index (Phi) is 6.83. The van der Waals surface area contributed by atoms with Crippen LogP contribution in [0.1, 0.15) is 19.4 Å². The molecule has 0 atom stereocenters. The molecule has 1 fully saturated rings. The van der Waals surface area contributed by atoms with Crippen molar-refractivity contribution in [2.45, 2.75) is 20.3 Å². The molecule has 1 saturated heterocycles. The summed E-state index contributed by atoms with van der Waals surface area (Å²) >= 11 is 0. The molecule has 0 unspecified atom stereocenters. The van der Waals surface area contributed by atoms with Crippen LogP contribution in [0.2, 0.25) is 0 Å². The summed E-state index contributed by atoms with van der Waals surface area (Å²) in [6, 6.07) is 7.79. The van der Waals surface area contributed by atoms with Crippen molar-refractivity contribution in [2.75, 3.05) is 39.5 Å². The van der Waals surface area contributed by atoms with E-state index >= 15 is 0 Å². The highest BCUT2D eigenvalue weighted by Crippen LogP contribution is 2.13. The molecular weight excluding hydrogens is 316 g/mol. The molecule has 0 aliphatic carbocycles. The van der Waals surface area contributed by atoms with Gasteiger partial charge < -0.3 is 9.47 Å². The van der Waals surface area contributed by atoms with Gasteiger partial charge in [0, 0.05) is 19.6 Å². The highest BCUT2D eigenvalue weighted by molar-refractivity contribution is 7.87. The molecule has 0 bridgehead atoms. The number of hydrogen-bond acceptors (Lipinski definition) is 4. The van der Waals surface area contributed by atoms with E-state index in [2.05, 4.69) is 18.6 Å². The zero-order valence-electron chi connectivity index (χ0n) is 13.8. The zero-order valence-corrected chi connectivity index (χ0v) is 14.6. The largest absolute Gasteiger partial charge is 0.493 e. The first-order valence-corrected chi connectivity index (χ1v) is 9.45. The number of hydrogen-bond donors (Lipinski definition) is 1. The molecular formula is C16H26N2O4S. The summed E-state index contributed by atoms with van der Waals surface area (Å²) in [4.78, 5) is 0. The van der Waals surface area contributed by atoms with E-state index in [1.807, 2.05) is 24.3 Å². The molecule has 0 aromatic heterocycles. The lowest BCUT2D eigenvalue weighted by Crippen LogP contribution is -2.47. The fourth-order valence-corrected chi connectivity index (χ4v) is 3.39. The van der Waals surface area contributed by atoms with Gasteiger partial charge in [-0.05, 0) is 30.0 Å². The summed E-state index contributed by atoms with van der Waals surface area (Å²) in [5.74, 6) is 1.33. The number of nitrogens with one attached hydrogen (secondary N) is 1. The van der Waals surface area contributed by atoms with Gasteiger partial charge in [-0.3, -0.25) is 0 Å². The van der Waals surface area contributed by atoms with Crippen LogP contribution in [0.4, 0.5) is 0 Å². The third kappa shape index (κ3) is 6.10. The van der Waals surface area contributed by atoms with Crippen LogP contribution in [-0.2, 0) is 21.4 Å². The monoisotopic (exact) mass is 342 g/mol. The molecule has 0 amide bonds. The maximum Gasteiger partial charge on any atom is 0.279 e. The number of morpholine rings is 1. The third-order valence-electron chi connectivity index (χ3n) is 3.51. The molecule has 23 heavy (non-hydrogen) atoms. The molecule has 0 radical (unpaired) electrons. The van der Waals surface area contributed by atoms with Gasteiger partial charge in [0.1, 0.15) is 5.75 Å². The minimum Gasteiger partial charge on any atom is -0.493 e. The topological polar surface area (TPSA) is 67.9 Å². The van der Waals surface area contributed by atoms with Crippen molar-refractivity contribution in [2.24, 2.45) is 5.92 Å². The normalized spacial score (nSPS) is 16.7. The van der Waals surface area contributed by atoms with Gasteiger partial charge in [-0.1, -0.05) is 26.0 Å². The molecule has 1 N–H and O–H groups in total. The number of rotatable bonds is 8. The summed E-state index contributed by atoms with van der Waals surface area (Å²) in [5.41, 5.74) is 1.08. The van der Waals surface area contributed by atoms with E-state index in [4.69, 9.17) is 9.47 Å². The van der Waals surface area contributed by atoms with Gasteiger partial charge in [0.2, 0.25) is 0 Å². The smallest absolute Gasteiger partial charge is 0.279 e. The van der Waals surface area contributed by atoms with Gasteiger partial charge in [0.05, 0.1) is 19.8 Å². The second-order valence-electron chi connectivity index (χ2n) is 6.01. The van der Waals surface area contributed by atoms with Crippen molar-refractivity contribution in [1.82, 2.24) is 9.03 Å². The first-order chi connectivity index (χ1) is 11.0. The molecule has 0 spiro atoms. The number of ether oxygens (including phenoxy) is 2. The van der Waals surface area contributed by atoms with Crippen molar-refractivity contribution >= 4 is 10.2 Å². The Hall–Kier alpha value is -1.15. The van der Waals surface area contributed by atoms with Crippen molar-refractivity contribution < 1.29 is 17.9 Å². The summed E-state index contributed by atoms with van der Waals surface area (Å²) in [5, 5.41) is 0. The third-order valence-corrected chi connectivity index (χ3v) is 5.13. The van der Waals surface area contributed by atoms with Crippen molar-refractivity contribution in [3.05, 3.63) is 29.8 Å². The van der Waals surface area contributed by atoms with Gasteiger partial charge in [0.15, 0.2) is 0 Å². The zero-order chi connectivity index (χ0) is 16.7. The second-order valence-corrected chi connectivity index (χ2v) is 7.76. The van der Waals surface area contributed by atoms with Gasteiger partial charge in [-0.15, -0.1) is 0 Å². The molecule has 1 aromatic rings. The van der Waals surface area contributed by atoms with Crippen LogP contribution in [0.15, 0.2) is 24.3 Å². The Balaban J connectivity index is 1.77. The molecule has 130 valence electrons. The second kappa shape index (κ2) is 8.63. The van der Waals surface area contributed by atoms with Crippen molar-refractivity contribution in [1.29, 1.82) is 0 Å². The van der Waals surface area contributed by atoms with E-state index in [1.165, 1.54) is 4.31 Å². The Morgan fingerprint density at radius 2 is 1.87 bits per heavy atom. The highest BCUT2D eigenvalue weighted by Gasteiger charge is 2.23. The van der Waals surface area contributed by atoms with Gasteiger partial charge in [-0.25, -0.2) is 4.72 Å². The predicted octanol–water partition coefficient (Wildman–Crippen LogP) is 1.43. The van der Waals surface area contributed by atoms with E-state index in [0.717, 1.165) is 11.3 Å². The van der Waals surface area contributed by atoms with E-state index < -0.39 is 10.2 Å². The number of nitrogens with zero attached hydrogens (tertiary/aromatic N) is 1. The van der Waals surface area contributed by atoms with Crippen molar-refractivity contribution in [3.63, 3.8) is 0 Å². The minimum atomic E-state index is -3.40. The molecule has 6 nitrogen and oxygen atoms in total. The van der Waals surface area contributed by atoms with E-state index in [1.54, 1.807) is 0 Å². The van der Waals surface area contributed by atoms with Gasteiger partial charge >= 0.3 is 0 Å². The molecule has 0 saturated carbocycles. The standard InChI is InChI=1S/C16H26N2O4S/c1-14(2)13-22-16-5-3-15(4-6-16)7-8-17-23(19,20)18-9-11-21-12-10-18/h3-6,14,17H,7-13H2,1-2H3. The number of benzene rings is 1. The average molecular weight is 342 g/mol. The summed E-state index contributed by atoms with van der Waals surface area (Å²) in [6.07, 6.45) is 0.647. The predicted molar refractivity (Wildman–Crippen MR) is 89.8 cm³/mol. The van der Waals surface area contributed by atoms with Gasteiger partial charge in [0.25, 0.3) is 10.2 Å². The van der Waals surface area contributed by atoms with Crippen LogP contribution < -0.4 is 9.46 Å². The lowest BCUT2D eigenvalue weighted by molar-refractivity contribution is 0.0725. The Morgan fingerprint density at radius 3 is 2.48 bits per heavy atom. The summed E-state index contributed by atoms with van der Waals surface area (Å²) in [7, 11) is -3.40. The minimum absolute atomic E-state index is 0.381. The van der Waals surface area contributed by atoms with Crippen LogP contribution in [-0.4, -0.2) is 52.2 Å². The highest BCUT2D eigenvalue weighted by atomic mass is 32.2. The maximum absolute atomic E-state index is 12.1. The summed E-state index contributed by atoms with van der Waals surface area (Å²) < 4.78 is 39.1. The first kappa shape index (κ1) is 18.2. The fraction of sp³-hybridized carbons (Fsp3) is 0.625. The van der Waals surface area contributed by atoms with E-state index in [-0.39, 0.29) is 0 Å². The van der Waals surface area contributed by atoms with E-state index in [9.17, 15) is 8.42 Å². The molecule has 1 aromatic carbocycles. The molecule has 2 rings (SSSR count). The van der Waals surface area contributed by atoms with Crippen LogP contribution >= 0.6 is 0 Å². The van der Waals surface area contributed by atoms with Crippen molar-refractivity contribution in [3.8, 4) is 5.75 Å². The van der Waals surface area contributed by atoms with Crippen LogP contribution in [0, 0.1) is 5.92 Å². The summed E-state index contributed by atoms with van der Waals surface area (Å²) in [6.45, 7) is 7.03. The SMILES string of the molecule is CC(C)COc1ccc(CCNS(=O)(=O)N2CCOCC2)cc1. The van der Waals surface area contributed by atoms with Crippen LogP contribution in [0.5, 0.6) is 5.75 Å². The Labute approximate surface area is 139 Å². The lowest BCUT2D eigenvalue weighted by atomic mass is 10.1. The van der Waals surface area contributed by atoms with Crippen LogP contribution in [0.3, 0.4) is 0 Å². The molecule has 1 aliphatic heterocycles. The Bertz CT molecular complexity index is 566.